The van der Waals surface area contributed by atoms with Crippen LogP contribution in [0.4, 0.5) is 18.0 Å². The molecule has 2 amide bonds. The standard InChI is InChI=1S/C16H17F3N2O3/c17-11-3-1-2-10(6-11)12-7-21(8-13(12)14(22)23)15(24)20-5-4-16(18,19)9-20/h1-3,6,12-13H,4-5,7-9H2,(H,22,23)/t12-,13+/m0/s1. The van der Waals surface area contributed by atoms with Gasteiger partial charge < -0.3 is 14.9 Å². The second kappa shape index (κ2) is 5.99. The molecule has 2 atom stereocenters. The van der Waals surface area contributed by atoms with Gasteiger partial charge in [0, 0.05) is 32.0 Å². The van der Waals surface area contributed by atoms with Crippen LogP contribution < -0.4 is 0 Å². The first-order valence-electron chi connectivity index (χ1n) is 7.67. The molecule has 0 aromatic heterocycles. The molecule has 1 aromatic rings. The van der Waals surface area contributed by atoms with Crippen LogP contribution >= 0.6 is 0 Å². The normalized spacial score (nSPS) is 26.0. The molecule has 24 heavy (non-hydrogen) atoms. The van der Waals surface area contributed by atoms with Gasteiger partial charge in [0.05, 0.1) is 12.5 Å². The maximum absolute atomic E-state index is 13.4. The van der Waals surface area contributed by atoms with E-state index in [1.54, 1.807) is 6.07 Å². The van der Waals surface area contributed by atoms with Crippen molar-refractivity contribution in [3.05, 3.63) is 35.6 Å². The van der Waals surface area contributed by atoms with Crippen LogP contribution in [-0.2, 0) is 4.79 Å². The molecule has 0 unspecified atom stereocenters. The highest BCUT2D eigenvalue weighted by molar-refractivity contribution is 5.79. The van der Waals surface area contributed by atoms with E-state index in [9.17, 15) is 27.9 Å². The molecular weight excluding hydrogens is 325 g/mol. The molecule has 2 aliphatic heterocycles. The van der Waals surface area contributed by atoms with Gasteiger partial charge in [0.15, 0.2) is 0 Å². The molecule has 130 valence electrons. The van der Waals surface area contributed by atoms with Crippen LogP contribution in [0.5, 0.6) is 0 Å². The van der Waals surface area contributed by atoms with Crippen molar-refractivity contribution in [1.82, 2.24) is 9.80 Å². The van der Waals surface area contributed by atoms with E-state index in [1.165, 1.54) is 23.1 Å². The summed E-state index contributed by atoms with van der Waals surface area (Å²) in [5.74, 6) is -5.93. The van der Waals surface area contributed by atoms with E-state index in [1.807, 2.05) is 0 Å². The van der Waals surface area contributed by atoms with Gasteiger partial charge in [0.25, 0.3) is 5.92 Å². The SMILES string of the molecule is O=C(O)[C@@H]1CN(C(=O)N2CCC(F)(F)C2)C[C@H]1c1cccc(F)c1. The van der Waals surface area contributed by atoms with Crippen LogP contribution in [0.25, 0.3) is 0 Å². The van der Waals surface area contributed by atoms with Crippen LogP contribution in [0.15, 0.2) is 24.3 Å². The summed E-state index contributed by atoms with van der Waals surface area (Å²) in [6.45, 7) is -0.700. The summed E-state index contributed by atoms with van der Waals surface area (Å²) in [5.41, 5.74) is 0.490. The maximum atomic E-state index is 13.4. The Labute approximate surface area is 136 Å². The van der Waals surface area contributed by atoms with Crippen LogP contribution in [0.3, 0.4) is 0 Å². The number of alkyl halides is 2. The van der Waals surface area contributed by atoms with Gasteiger partial charge in [-0.15, -0.1) is 0 Å². The number of hydrogen-bond acceptors (Lipinski definition) is 2. The summed E-state index contributed by atoms with van der Waals surface area (Å²) in [5, 5.41) is 9.40. The molecule has 2 heterocycles. The Hall–Kier alpha value is -2.25. The summed E-state index contributed by atoms with van der Waals surface area (Å²) >= 11 is 0. The largest absolute Gasteiger partial charge is 0.481 e. The van der Waals surface area contributed by atoms with Gasteiger partial charge >= 0.3 is 12.0 Å². The zero-order chi connectivity index (χ0) is 17.5. The Bertz CT molecular complexity index is 668. The van der Waals surface area contributed by atoms with Crippen molar-refractivity contribution >= 4 is 12.0 Å². The summed E-state index contributed by atoms with van der Waals surface area (Å²) in [6.07, 6.45) is -0.387. The average Bonchev–Trinajstić information content (AvgIpc) is 3.10. The van der Waals surface area contributed by atoms with Crippen LogP contribution in [0, 0.1) is 11.7 Å². The number of rotatable bonds is 2. The molecule has 2 fully saturated rings. The number of carboxylic acids is 1. The number of aliphatic carboxylic acids is 1. The molecule has 0 bridgehead atoms. The Balaban J connectivity index is 1.78. The molecular formula is C16H17F3N2O3. The second-order valence-corrected chi connectivity index (χ2v) is 6.32. The third kappa shape index (κ3) is 3.18. The molecule has 0 spiro atoms. The van der Waals surface area contributed by atoms with E-state index >= 15 is 0 Å². The first-order valence-corrected chi connectivity index (χ1v) is 7.67. The lowest BCUT2D eigenvalue weighted by atomic mass is 9.89. The first-order chi connectivity index (χ1) is 11.3. The molecule has 2 saturated heterocycles. The van der Waals surface area contributed by atoms with E-state index in [0.29, 0.717) is 5.56 Å². The molecule has 3 rings (SSSR count). The van der Waals surface area contributed by atoms with E-state index in [4.69, 9.17) is 0 Å². The Morgan fingerprint density at radius 1 is 1.21 bits per heavy atom. The Morgan fingerprint density at radius 2 is 1.96 bits per heavy atom. The van der Waals surface area contributed by atoms with Gasteiger partial charge in [0.2, 0.25) is 0 Å². The van der Waals surface area contributed by atoms with E-state index < -0.39 is 42.1 Å². The van der Waals surface area contributed by atoms with Crippen molar-refractivity contribution in [2.75, 3.05) is 26.2 Å². The number of urea groups is 1. The zero-order valence-corrected chi connectivity index (χ0v) is 12.8. The number of hydrogen-bond donors (Lipinski definition) is 1. The fourth-order valence-corrected chi connectivity index (χ4v) is 3.38. The minimum Gasteiger partial charge on any atom is -0.481 e. The third-order valence-corrected chi connectivity index (χ3v) is 4.62. The van der Waals surface area contributed by atoms with Crippen LogP contribution in [0.1, 0.15) is 17.9 Å². The van der Waals surface area contributed by atoms with E-state index in [-0.39, 0.29) is 26.1 Å². The van der Waals surface area contributed by atoms with Gasteiger partial charge in [-0.2, -0.15) is 0 Å². The predicted octanol–water partition coefficient (Wildman–Crippen LogP) is 2.39. The van der Waals surface area contributed by atoms with E-state index in [0.717, 1.165) is 4.90 Å². The number of benzene rings is 1. The van der Waals surface area contributed by atoms with Crippen LogP contribution in [-0.4, -0.2) is 59.0 Å². The van der Waals surface area contributed by atoms with Gasteiger partial charge in [-0.3, -0.25) is 4.79 Å². The minimum absolute atomic E-state index is 0.0509. The lowest BCUT2D eigenvalue weighted by Crippen LogP contribution is -2.42. The third-order valence-electron chi connectivity index (χ3n) is 4.62. The zero-order valence-electron chi connectivity index (χ0n) is 12.8. The van der Waals surface area contributed by atoms with Crippen molar-refractivity contribution in [3.63, 3.8) is 0 Å². The fraction of sp³-hybridized carbons (Fsp3) is 0.500. The molecule has 0 radical (unpaired) electrons. The summed E-state index contributed by atoms with van der Waals surface area (Å²) in [4.78, 5) is 26.2. The number of carbonyl (C=O) groups excluding carboxylic acids is 1. The number of nitrogens with zero attached hydrogens (tertiary/aromatic N) is 2. The van der Waals surface area contributed by atoms with Crippen molar-refractivity contribution < 1.29 is 27.9 Å². The van der Waals surface area contributed by atoms with Crippen molar-refractivity contribution in [1.29, 1.82) is 0 Å². The highest BCUT2D eigenvalue weighted by Crippen LogP contribution is 2.35. The highest BCUT2D eigenvalue weighted by Gasteiger charge is 2.45. The average molecular weight is 342 g/mol. The monoisotopic (exact) mass is 342 g/mol. The van der Waals surface area contributed by atoms with Gasteiger partial charge in [-0.1, -0.05) is 12.1 Å². The Kier molecular flexibility index (Phi) is 4.15. The Morgan fingerprint density at radius 3 is 2.54 bits per heavy atom. The van der Waals surface area contributed by atoms with E-state index in [2.05, 4.69) is 0 Å². The molecule has 1 N–H and O–H groups in total. The lowest BCUT2D eigenvalue weighted by Gasteiger charge is -2.24. The molecule has 8 heteroatoms. The van der Waals surface area contributed by atoms with Crippen LogP contribution in [0.2, 0.25) is 0 Å². The van der Waals surface area contributed by atoms with Crippen molar-refractivity contribution in [2.45, 2.75) is 18.3 Å². The maximum Gasteiger partial charge on any atom is 0.320 e. The van der Waals surface area contributed by atoms with Gasteiger partial charge in [0.1, 0.15) is 5.82 Å². The second-order valence-electron chi connectivity index (χ2n) is 6.32. The molecule has 0 saturated carbocycles. The molecule has 1 aromatic carbocycles. The quantitative estimate of drug-likeness (QED) is 0.898. The van der Waals surface area contributed by atoms with Crippen molar-refractivity contribution in [3.8, 4) is 0 Å². The molecule has 2 aliphatic rings. The molecule has 5 nitrogen and oxygen atoms in total. The summed E-state index contributed by atoms with van der Waals surface area (Å²) < 4.78 is 40.0. The highest BCUT2D eigenvalue weighted by atomic mass is 19.3. The minimum atomic E-state index is -2.90. The smallest absolute Gasteiger partial charge is 0.320 e. The number of amides is 2. The number of carboxylic acid groups (broad SMARTS) is 1. The van der Waals surface area contributed by atoms with Gasteiger partial charge in [-0.25, -0.2) is 18.0 Å². The van der Waals surface area contributed by atoms with Crippen molar-refractivity contribution in [2.24, 2.45) is 5.92 Å². The lowest BCUT2D eigenvalue weighted by molar-refractivity contribution is -0.141. The topological polar surface area (TPSA) is 60.9 Å². The fourth-order valence-electron chi connectivity index (χ4n) is 3.38. The molecule has 0 aliphatic carbocycles. The summed E-state index contributed by atoms with van der Waals surface area (Å²) in [6, 6.07) is 5.01. The predicted molar refractivity (Wildman–Crippen MR) is 78.4 cm³/mol. The first kappa shape index (κ1) is 16.6. The number of halogens is 3. The number of carbonyl (C=O) groups is 2. The summed E-state index contributed by atoms with van der Waals surface area (Å²) in [7, 11) is 0. The van der Waals surface area contributed by atoms with Gasteiger partial charge in [-0.05, 0) is 17.7 Å². The number of likely N-dealkylation sites (tertiary alicyclic amines) is 2.